The standard InChI is InChI=1S/C43H77NO8/c1-3-5-7-9-11-13-15-17-19-21-23-25-27-29-31-33-39(47)44-36(35-51-43-42(50)41(49)40(48)38(34-45)52-43)37(46)32-30-28-26-24-22-20-18-16-14-12-10-8-6-4-2/h5,7,11,13,17,19,30,32,36-38,40-43,45-46,48-50H,3-4,6,8-10,12,14-16,18,20-29,31,33-35H2,1-2H3,(H,44,47)/b7-5-,13-11-,19-17-,32-30+. The molecule has 0 aromatic rings. The van der Waals surface area contributed by atoms with E-state index in [1.54, 1.807) is 6.08 Å². The SMILES string of the molecule is CC/C=C\C/C=C\C/C=C\CCCCCCCC(=O)NC(COC1OC(CO)C(O)C(O)C1O)C(O)/C=C/CCCCCCCCCCCCCC. The van der Waals surface area contributed by atoms with E-state index in [-0.39, 0.29) is 12.5 Å². The molecule has 0 aromatic heterocycles. The third-order valence-electron chi connectivity index (χ3n) is 9.66. The summed E-state index contributed by atoms with van der Waals surface area (Å²) < 4.78 is 11.2. The summed E-state index contributed by atoms with van der Waals surface area (Å²) in [5.41, 5.74) is 0. The number of allylic oxidation sites excluding steroid dienone is 7. The molecule has 0 bridgehead atoms. The molecule has 6 N–H and O–H groups in total. The molecule has 7 unspecified atom stereocenters. The molecule has 1 aliphatic rings. The monoisotopic (exact) mass is 736 g/mol. The molecule has 0 spiro atoms. The van der Waals surface area contributed by atoms with E-state index in [1.165, 1.54) is 64.2 Å². The maximum Gasteiger partial charge on any atom is 0.220 e. The maximum atomic E-state index is 12.9. The lowest BCUT2D eigenvalue weighted by molar-refractivity contribution is -0.302. The van der Waals surface area contributed by atoms with Crippen molar-refractivity contribution in [1.82, 2.24) is 5.32 Å². The van der Waals surface area contributed by atoms with Gasteiger partial charge < -0.3 is 40.3 Å². The van der Waals surface area contributed by atoms with E-state index in [1.807, 2.05) is 6.08 Å². The number of amides is 1. The van der Waals surface area contributed by atoms with Gasteiger partial charge in [0.2, 0.25) is 5.91 Å². The van der Waals surface area contributed by atoms with E-state index in [0.29, 0.717) is 6.42 Å². The van der Waals surface area contributed by atoms with Crippen molar-refractivity contribution in [2.24, 2.45) is 0 Å². The Morgan fingerprint density at radius 1 is 0.673 bits per heavy atom. The van der Waals surface area contributed by atoms with Gasteiger partial charge in [-0.3, -0.25) is 4.79 Å². The zero-order valence-electron chi connectivity index (χ0n) is 32.8. The van der Waals surface area contributed by atoms with Gasteiger partial charge in [0.1, 0.15) is 24.4 Å². The highest BCUT2D eigenvalue weighted by Crippen LogP contribution is 2.22. The summed E-state index contributed by atoms with van der Waals surface area (Å²) in [7, 11) is 0. The fourth-order valence-corrected chi connectivity index (χ4v) is 6.29. The number of hydrogen-bond acceptors (Lipinski definition) is 8. The minimum absolute atomic E-state index is 0.197. The summed E-state index contributed by atoms with van der Waals surface area (Å²) >= 11 is 0. The van der Waals surface area contributed by atoms with Gasteiger partial charge in [0.25, 0.3) is 0 Å². The van der Waals surface area contributed by atoms with Gasteiger partial charge in [-0.25, -0.2) is 0 Å². The molecule has 9 heteroatoms. The molecule has 1 saturated heterocycles. The van der Waals surface area contributed by atoms with Crippen molar-refractivity contribution in [1.29, 1.82) is 0 Å². The Bertz CT molecular complexity index is 951. The van der Waals surface area contributed by atoms with Gasteiger partial charge in [-0.1, -0.05) is 152 Å². The van der Waals surface area contributed by atoms with E-state index in [9.17, 15) is 30.3 Å². The summed E-state index contributed by atoms with van der Waals surface area (Å²) in [6.45, 7) is 3.62. The van der Waals surface area contributed by atoms with Crippen LogP contribution in [0.15, 0.2) is 48.6 Å². The Morgan fingerprint density at radius 3 is 1.77 bits per heavy atom. The van der Waals surface area contributed by atoms with Crippen molar-refractivity contribution in [3.8, 4) is 0 Å². The van der Waals surface area contributed by atoms with Crippen LogP contribution in [0, 0.1) is 0 Å². The number of aliphatic hydroxyl groups is 5. The van der Waals surface area contributed by atoms with Crippen molar-refractivity contribution in [3.63, 3.8) is 0 Å². The number of unbranched alkanes of at least 4 members (excludes halogenated alkanes) is 17. The molecule has 1 aliphatic heterocycles. The molecule has 1 amide bonds. The normalized spacial score (nSPS) is 22.3. The fraction of sp³-hybridized carbons (Fsp3) is 0.791. The highest BCUT2D eigenvalue weighted by molar-refractivity contribution is 5.76. The first-order valence-corrected chi connectivity index (χ1v) is 20.9. The molecule has 1 rings (SSSR count). The number of ether oxygens (including phenoxy) is 2. The molecule has 1 heterocycles. The summed E-state index contributed by atoms with van der Waals surface area (Å²) in [5.74, 6) is -0.197. The molecule has 0 radical (unpaired) electrons. The predicted octanol–water partition coefficient (Wildman–Crippen LogP) is 7.89. The van der Waals surface area contributed by atoms with Gasteiger partial charge in [-0.15, -0.1) is 0 Å². The zero-order chi connectivity index (χ0) is 38.1. The second-order valence-corrected chi connectivity index (χ2v) is 14.4. The number of rotatable bonds is 33. The quantitative estimate of drug-likeness (QED) is 0.0295. The first-order chi connectivity index (χ1) is 25.3. The van der Waals surface area contributed by atoms with Crippen LogP contribution >= 0.6 is 0 Å². The maximum absolute atomic E-state index is 12.9. The lowest BCUT2D eigenvalue weighted by Crippen LogP contribution is -2.60. The average molecular weight is 736 g/mol. The molecule has 0 aromatic carbocycles. The van der Waals surface area contributed by atoms with Gasteiger partial charge >= 0.3 is 0 Å². The first kappa shape index (κ1) is 48.2. The van der Waals surface area contributed by atoms with Crippen molar-refractivity contribution in [2.75, 3.05) is 13.2 Å². The molecule has 0 aliphatic carbocycles. The van der Waals surface area contributed by atoms with Gasteiger partial charge in [-0.2, -0.15) is 0 Å². The summed E-state index contributed by atoms with van der Waals surface area (Å²) in [4.78, 5) is 12.9. The molecule has 7 atom stereocenters. The fourth-order valence-electron chi connectivity index (χ4n) is 6.29. The third kappa shape index (κ3) is 24.5. The first-order valence-electron chi connectivity index (χ1n) is 20.9. The largest absolute Gasteiger partial charge is 0.394 e. The Hall–Kier alpha value is -1.85. The number of carbonyl (C=O) groups excluding carboxylic acids is 1. The van der Waals surface area contributed by atoms with Crippen LogP contribution in [-0.4, -0.2) is 87.5 Å². The minimum Gasteiger partial charge on any atom is -0.394 e. The Labute approximate surface area is 316 Å². The van der Waals surface area contributed by atoms with Gasteiger partial charge in [0.05, 0.1) is 25.4 Å². The van der Waals surface area contributed by atoms with Crippen LogP contribution in [0.4, 0.5) is 0 Å². The number of hydrogen-bond donors (Lipinski definition) is 6. The predicted molar refractivity (Wildman–Crippen MR) is 212 cm³/mol. The Morgan fingerprint density at radius 2 is 1.19 bits per heavy atom. The summed E-state index contributed by atoms with van der Waals surface area (Å²) in [5, 5.41) is 54.0. The van der Waals surface area contributed by atoms with E-state index < -0.39 is 49.5 Å². The zero-order valence-corrected chi connectivity index (χ0v) is 32.8. The number of aliphatic hydroxyl groups excluding tert-OH is 5. The minimum atomic E-state index is -1.57. The average Bonchev–Trinajstić information content (AvgIpc) is 3.14. The molecular weight excluding hydrogens is 658 g/mol. The van der Waals surface area contributed by atoms with Crippen LogP contribution < -0.4 is 5.32 Å². The van der Waals surface area contributed by atoms with Crippen molar-refractivity contribution in [3.05, 3.63) is 48.6 Å². The van der Waals surface area contributed by atoms with Gasteiger partial charge in [0, 0.05) is 6.42 Å². The van der Waals surface area contributed by atoms with Crippen molar-refractivity contribution in [2.45, 2.75) is 204 Å². The van der Waals surface area contributed by atoms with Crippen LogP contribution in [0.2, 0.25) is 0 Å². The smallest absolute Gasteiger partial charge is 0.220 e. The highest BCUT2D eigenvalue weighted by atomic mass is 16.7. The summed E-state index contributed by atoms with van der Waals surface area (Å²) in [6.07, 6.45) is 34.3. The molecule has 9 nitrogen and oxygen atoms in total. The van der Waals surface area contributed by atoms with Crippen molar-refractivity contribution >= 4 is 5.91 Å². The number of carbonyl (C=O) groups is 1. The molecule has 0 saturated carbocycles. The lowest BCUT2D eigenvalue weighted by Gasteiger charge is -2.40. The number of nitrogens with one attached hydrogen (secondary N) is 1. The third-order valence-corrected chi connectivity index (χ3v) is 9.66. The van der Waals surface area contributed by atoms with Gasteiger partial charge in [0.15, 0.2) is 6.29 Å². The van der Waals surface area contributed by atoms with Crippen LogP contribution in [-0.2, 0) is 14.3 Å². The van der Waals surface area contributed by atoms with E-state index in [0.717, 1.165) is 77.0 Å². The van der Waals surface area contributed by atoms with E-state index >= 15 is 0 Å². The molecular formula is C43H77NO8. The van der Waals surface area contributed by atoms with Crippen LogP contribution in [0.3, 0.4) is 0 Å². The highest BCUT2D eigenvalue weighted by Gasteiger charge is 2.44. The molecule has 52 heavy (non-hydrogen) atoms. The molecule has 302 valence electrons. The molecule has 1 fully saturated rings. The van der Waals surface area contributed by atoms with Crippen LogP contribution in [0.1, 0.15) is 162 Å². The lowest BCUT2D eigenvalue weighted by atomic mass is 9.99. The van der Waals surface area contributed by atoms with Crippen molar-refractivity contribution < 1.29 is 39.8 Å². The second kappa shape index (κ2) is 33.7. The second-order valence-electron chi connectivity index (χ2n) is 14.4. The van der Waals surface area contributed by atoms with Gasteiger partial charge in [-0.05, 0) is 51.4 Å². The Kier molecular flexibility index (Phi) is 31.2. The van der Waals surface area contributed by atoms with Crippen LogP contribution in [0.5, 0.6) is 0 Å². The topological polar surface area (TPSA) is 149 Å². The van der Waals surface area contributed by atoms with E-state index in [4.69, 9.17) is 9.47 Å². The summed E-state index contributed by atoms with van der Waals surface area (Å²) in [6, 6.07) is -0.812. The van der Waals surface area contributed by atoms with E-state index in [2.05, 4.69) is 55.6 Å². The van der Waals surface area contributed by atoms with Crippen LogP contribution in [0.25, 0.3) is 0 Å². The Balaban J connectivity index is 2.44.